The Morgan fingerprint density at radius 3 is 1.81 bits per heavy atom. The molecule has 0 fully saturated rings. The van der Waals surface area contributed by atoms with Gasteiger partial charge in [0.1, 0.15) is 0 Å². The van der Waals surface area contributed by atoms with Gasteiger partial charge in [-0.25, -0.2) is 0 Å². The third kappa shape index (κ3) is 8.01. The van der Waals surface area contributed by atoms with Gasteiger partial charge in [-0.2, -0.15) is 0 Å². The number of aromatic nitrogens is 3. The van der Waals surface area contributed by atoms with Crippen LogP contribution in [0.15, 0.2) is 206 Å². The molecule has 7 aromatic carbocycles. The molecule has 4 heteroatoms. The summed E-state index contributed by atoms with van der Waals surface area (Å²) in [5, 5.41) is 2.52. The first-order valence-electron chi connectivity index (χ1n) is 18.8. The Bertz CT molecular complexity index is 2860. The zero-order valence-corrected chi connectivity index (χ0v) is 33.7. The molecule has 275 valence electrons. The van der Waals surface area contributed by atoms with Crippen molar-refractivity contribution in [2.75, 3.05) is 0 Å². The molecule has 3 nitrogen and oxygen atoms in total. The quantitative estimate of drug-likeness (QED) is 0.156. The summed E-state index contributed by atoms with van der Waals surface area (Å²) in [6.45, 7) is 2.02. The van der Waals surface area contributed by atoms with E-state index in [0.717, 1.165) is 33.8 Å². The molecule has 0 bridgehead atoms. The Hall–Kier alpha value is -6.71. The molecule has 10 rings (SSSR count). The molecule has 0 atom stereocenters. The predicted octanol–water partition coefficient (Wildman–Crippen LogP) is 13.5. The van der Waals surface area contributed by atoms with E-state index >= 15 is 0 Å². The molecule has 0 saturated heterocycles. The van der Waals surface area contributed by atoms with E-state index in [0.29, 0.717) is 0 Å². The van der Waals surface area contributed by atoms with Crippen molar-refractivity contribution in [1.82, 2.24) is 14.5 Å². The Labute approximate surface area is 347 Å². The fraction of sp³-hybridized carbons (Fsp3) is 0.0189. The second-order valence-electron chi connectivity index (χ2n) is 13.7. The zero-order chi connectivity index (χ0) is 37.7. The van der Waals surface area contributed by atoms with Crippen LogP contribution < -0.4 is 0 Å². The van der Waals surface area contributed by atoms with E-state index in [1.54, 1.807) is 6.20 Å². The minimum absolute atomic E-state index is 0. The van der Waals surface area contributed by atoms with Crippen LogP contribution in [0.2, 0.25) is 0 Å². The second kappa shape index (κ2) is 17.0. The van der Waals surface area contributed by atoms with Gasteiger partial charge in [0.2, 0.25) is 0 Å². The molecule has 3 heterocycles. The van der Waals surface area contributed by atoms with Crippen molar-refractivity contribution in [2.24, 2.45) is 0 Å². The summed E-state index contributed by atoms with van der Waals surface area (Å²) in [5.41, 5.74) is 15.7. The number of hydrogen-bond donors (Lipinski definition) is 0. The molecular weight excluding hydrogens is 871 g/mol. The van der Waals surface area contributed by atoms with Gasteiger partial charge in [0, 0.05) is 48.5 Å². The average Bonchev–Trinajstić information content (AvgIpc) is 3.61. The van der Waals surface area contributed by atoms with Crippen molar-refractivity contribution in [3.05, 3.63) is 224 Å². The van der Waals surface area contributed by atoms with E-state index < -0.39 is 0 Å². The summed E-state index contributed by atoms with van der Waals surface area (Å²) in [7, 11) is 0. The van der Waals surface area contributed by atoms with E-state index in [1.165, 1.54) is 55.3 Å². The van der Waals surface area contributed by atoms with E-state index in [4.69, 9.17) is 0 Å². The standard InChI is InChI=1S/C42H29N2.C11H8N.Ir/c1-29-10-7-18-40(43-29)36-14-9-12-33(27-36)31-22-20-30(21-23-31)32-11-8-13-34(26-32)35-24-25-42-39(28-35)38-17-5-6-19-41(38)44(42)37-15-3-2-4-16-37;1-2-6-10(7-3-1)11-8-4-5-9-12-11;/h2-13,15-28H,1H3;1-6,8-9H;/q2*-1;. The third-order valence-corrected chi connectivity index (χ3v) is 10.1. The molecule has 0 aliphatic rings. The molecule has 1 radical (unpaired) electrons. The molecule has 0 spiro atoms. The fourth-order valence-electron chi connectivity index (χ4n) is 7.30. The number of hydrogen-bond acceptors (Lipinski definition) is 2. The van der Waals surface area contributed by atoms with Gasteiger partial charge < -0.3 is 14.5 Å². The SMILES string of the molecule is Cc1cccc(-c2[c-]ccc(-c3ccc(-c4cccc(-c5ccc6c(c5)c5ccccc5n6-c5ccccc5)c4)cc3)c2)n1.[Ir].[c-]1ccccc1-c1ccccn1. The number of benzene rings is 7. The van der Waals surface area contributed by atoms with Gasteiger partial charge in [-0.1, -0.05) is 109 Å². The van der Waals surface area contributed by atoms with E-state index in [1.807, 2.05) is 73.7 Å². The molecule has 0 aliphatic carbocycles. The number of aryl methyl sites for hydroxylation is 1. The minimum Gasteiger partial charge on any atom is -0.309 e. The smallest absolute Gasteiger partial charge is 0.0541 e. The normalized spacial score (nSPS) is 10.8. The van der Waals surface area contributed by atoms with Gasteiger partial charge in [0.05, 0.1) is 11.0 Å². The van der Waals surface area contributed by atoms with Gasteiger partial charge in [-0.15, -0.1) is 71.3 Å². The van der Waals surface area contributed by atoms with Gasteiger partial charge in [0.25, 0.3) is 0 Å². The molecule has 0 saturated carbocycles. The van der Waals surface area contributed by atoms with Crippen molar-refractivity contribution in [3.63, 3.8) is 0 Å². The van der Waals surface area contributed by atoms with E-state index in [2.05, 4.69) is 160 Å². The maximum absolute atomic E-state index is 4.68. The maximum atomic E-state index is 4.68. The van der Waals surface area contributed by atoms with Crippen molar-refractivity contribution in [3.8, 4) is 61.6 Å². The summed E-state index contributed by atoms with van der Waals surface area (Å²) in [6.07, 6.45) is 1.79. The molecule has 0 aliphatic heterocycles. The number of nitrogens with zero attached hydrogens (tertiary/aromatic N) is 3. The first-order chi connectivity index (χ1) is 27.7. The topological polar surface area (TPSA) is 30.7 Å². The van der Waals surface area contributed by atoms with Crippen LogP contribution in [0.3, 0.4) is 0 Å². The van der Waals surface area contributed by atoms with E-state index in [-0.39, 0.29) is 20.1 Å². The molecule has 3 aromatic heterocycles. The van der Waals surface area contributed by atoms with Crippen LogP contribution in [0, 0.1) is 19.1 Å². The molecule has 10 aromatic rings. The molecule has 0 amide bonds. The number of rotatable bonds is 6. The van der Waals surface area contributed by atoms with Crippen LogP contribution in [0.25, 0.3) is 83.4 Å². The summed E-state index contributed by atoms with van der Waals surface area (Å²) >= 11 is 0. The Kier molecular flexibility index (Phi) is 11.1. The summed E-state index contributed by atoms with van der Waals surface area (Å²) in [6, 6.07) is 76.4. The largest absolute Gasteiger partial charge is 0.309 e. The summed E-state index contributed by atoms with van der Waals surface area (Å²) < 4.78 is 2.36. The first-order valence-corrected chi connectivity index (χ1v) is 18.8. The van der Waals surface area contributed by atoms with Crippen molar-refractivity contribution in [2.45, 2.75) is 6.92 Å². The Morgan fingerprint density at radius 1 is 0.421 bits per heavy atom. The maximum Gasteiger partial charge on any atom is 0.0541 e. The molecule has 0 unspecified atom stereocenters. The fourth-order valence-corrected chi connectivity index (χ4v) is 7.30. The molecular formula is C53H37IrN3-2. The molecule has 0 N–H and O–H groups in total. The van der Waals surface area contributed by atoms with Gasteiger partial charge in [-0.05, 0) is 94.7 Å². The second-order valence-corrected chi connectivity index (χ2v) is 13.7. The number of pyridine rings is 2. The first kappa shape index (κ1) is 37.2. The third-order valence-electron chi connectivity index (χ3n) is 10.1. The Morgan fingerprint density at radius 2 is 1.05 bits per heavy atom. The van der Waals surface area contributed by atoms with Crippen LogP contribution in [-0.2, 0) is 20.1 Å². The van der Waals surface area contributed by atoms with Crippen LogP contribution in [0.5, 0.6) is 0 Å². The summed E-state index contributed by atoms with van der Waals surface area (Å²) in [4.78, 5) is 8.90. The Balaban J connectivity index is 0.000000300. The average molecular weight is 908 g/mol. The van der Waals surface area contributed by atoms with Crippen molar-refractivity contribution in [1.29, 1.82) is 0 Å². The predicted molar refractivity (Wildman–Crippen MR) is 232 cm³/mol. The van der Waals surface area contributed by atoms with Crippen LogP contribution >= 0.6 is 0 Å². The van der Waals surface area contributed by atoms with Crippen molar-refractivity contribution < 1.29 is 20.1 Å². The zero-order valence-electron chi connectivity index (χ0n) is 31.3. The van der Waals surface area contributed by atoms with Crippen LogP contribution in [0.1, 0.15) is 5.69 Å². The van der Waals surface area contributed by atoms with Crippen molar-refractivity contribution >= 4 is 21.8 Å². The van der Waals surface area contributed by atoms with E-state index in [9.17, 15) is 0 Å². The van der Waals surface area contributed by atoms with Gasteiger partial charge in [-0.3, -0.25) is 0 Å². The van der Waals surface area contributed by atoms with Crippen LogP contribution in [0.4, 0.5) is 0 Å². The van der Waals surface area contributed by atoms with Crippen LogP contribution in [-0.4, -0.2) is 14.5 Å². The summed E-state index contributed by atoms with van der Waals surface area (Å²) in [5.74, 6) is 0. The minimum atomic E-state index is 0. The molecule has 57 heavy (non-hydrogen) atoms. The van der Waals surface area contributed by atoms with Gasteiger partial charge in [0.15, 0.2) is 0 Å². The monoisotopic (exact) mass is 908 g/mol. The number of para-hydroxylation sites is 2. The van der Waals surface area contributed by atoms with Gasteiger partial charge >= 0.3 is 0 Å². The number of fused-ring (bicyclic) bond motifs is 3.